The van der Waals surface area contributed by atoms with Crippen LogP contribution in [-0.2, 0) is 17.6 Å². The Hall–Kier alpha value is -2.42. The van der Waals surface area contributed by atoms with Gasteiger partial charge in [-0.25, -0.2) is 4.39 Å². The first-order valence-electron chi connectivity index (χ1n) is 8.12. The number of halogens is 1. The highest BCUT2D eigenvalue weighted by Crippen LogP contribution is 2.22. The molecule has 0 spiro atoms. The van der Waals surface area contributed by atoms with Crippen LogP contribution in [0.1, 0.15) is 37.0 Å². The van der Waals surface area contributed by atoms with E-state index in [1.54, 1.807) is 18.2 Å². The lowest BCUT2D eigenvalue weighted by Crippen LogP contribution is -2.11. The summed E-state index contributed by atoms with van der Waals surface area (Å²) in [5, 5.41) is 0. The average molecular weight is 326 g/mol. The molecular weight excluding hydrogens is 303 g/mol. The minimum absolute atomic E-state index is 0.150. The molecular formula is C21H23FO2. The van der Waals surface area contributed by atoms with Crippen molar-refractivity contribution in [2.45, 2.75) is 40.0 Å². The van der Waals surface area contributed by atoms with Crippen LogP contribution >= 0.6 is 0 Å². The van der Waals surface area contributed by atoms with Crippen LogP contribution in [0.5, 0.6) is 5.75 Å². The summed E-state index contributed by atoms with van der Waals surface area (Å²) in [6.07, 6.45) is 3.31. The number of ether oxygens (including phenoxy) is 1. The molecule has 0 saturated carbocycles. The summed E-state index contributed by atoms with van der Waals surface area (Å²) in [6, 6.07) is 12.3. The fourth-order valence-electron chi connectivity index (χ4n) is 2.39. The minimum Gasteiger partial charge on any atom is -0.426 e. The van der Waals surface area contributed by atoms with Crippen LogP contribution in [-0.4, -0.2) is 5.97 Å². The number of carbonyl (C=O) groups is 1. The molecule has 0 fully saturated rings. The van der Waals surface area contributed by atoms with E-state index in [0.29, 0.717) is 17.7 Å². The normalized spacial score (nSPS) is 10.3. The van der Waals surface area contributed by atoms with Gasteiger partial charge in [0.05, 0.1) is 6.42 Å². The zero-order chi connectivity index (χ0) is 17.5. The molecule has 0 atom stereocenters. The largest absolute Gasteiger partial charge is 0.426 e. The first-order chi connectivity index (χ1) is 11.5. The van der Waals surface area contributed by atoms with Crippen LogP contribution in [0, 0.1) is 12.7 Å². The minimum atomic E-state index is -0.347. The molecule has 0 radical (unpaired) electrons. The van der Waals surface area contributed by atoms with Crippen molar-refractivity contribution in [3.05, 3.63) is 76.6 Å². The van der Waals surface area contributed by atoms with Gasteiger partial charge < -0.3 is 4.74 Å². The van der Waals surface area contributed by atoms with Crippen molar-refractivity contribution in [2.75, 3.05) is 0 Å². The van der Waals surface area contributed by atoms with Gasteiger partial charge in [-0.15, -0.1) is 0 Å². The summed E-state index contributed by atoms with van der Waals surface area (Å²) < 4.78 is 19.1. The number of allylic oxidation sites excluding steroid dienone is 2. The van der Waals surface area contributed by atoms with Gasteiger partial charge in [0.15, 0.2) is 0 Å². The van der Waals surface area contributed by atoms with Crippen LogP contribution in [0.15, 0.2) is 54.1 Å². The van der Waals surface area contributed by atoms with Gasteiger partial charge in [0.2, 0.25) is 0 Å². The van der Waals surface area contributed by atoms with Crippen LogP contribution in [0.25, 0.3) is 0 Å². The van der Waals surface area contributed by atoms with Crippen LogP contribution in [0.4, 0.5) is 4.39 Å². The molecule has 0 aromatic heterocycles. The van der Waals surface area contributed by atoms with E-state index in [-0.39, 0.29) is 18.2 Å². The molecule has 0 bridgehead atoms. The molecule has 0 N–H and O–H groups in total. The lowest BCUT2D eigenvalue weighted by molar-refractivity contribution is -0.134. The van der Waals surface area contributed by atoms with Crippen molar-refractivity contribution in [2.24, 2.45) is 0 Å². The summed E-state index contributed by atoms with van der Waals surface area (Å²) >= 11 is 0. The first kappa shape index (κ1) is 17.9. The lowest BCUT2D eigenvalue weighted by atomic mass is 10.1. The number of carbonyl (C=O) groups excluding carboxylic acids is 1. The van der Waals surface area contributed by atoms with E-state index in [4.69, 9.17) is 4.74 Å². The topological polar surface area (TPSA) is 26.3 Å². The summed E-state index contributed by atoms with van der Waals surface area (Å²) in [5.74, 6) is -0.0536. The van der Waals surface area contributed by atoms with E-state index >= 15 is 0 Å². The molecule has 3 heteroatoms. The number of rotatable bonds is 6. The van der Waals surface area contributed by atoms with Crippen molar-refractivity contribution in [1.82, 2.24) is 0 Å². The molecule has 0 saturated heterocycles. The highest BCUT2D eigenvalue weighted by Gasteiger charge is 2.11. The summed E-state index contributed by atoms with van der Waals surface area (Å²) in [7, 11) is 0. The van der Waals surface area contributed by atoms with Crippen LogP contribution < -0.4 is 4.74 Å². The van der Waals surface area contributed by atoms with Crippen LogP contribution in [0.2, 0.25) is 0 Å². The van der Waals surface area contributed by atoms with Crippen LogP contribution in [0.3, 0.4) is 0 Å². The zero-order valence-corrected chi connectivity index (χ0v) is 14.4. The molecule has 0 aliphatic heterocycles. The number of benzene rings is 2. The zero-order valence-electron chi connectivity index (χ0n) is 14.4. The number of esters is 1. The highest BCUT2D eigenvalue weighted by molar-refractivity contribution is 5.73. The molecule has 0 heterocycles. The maximum absolute atomic E-state index is 13.6. The third kappa shape index (κ3) is 5.34. The Morgan fingerprint density at radius 3 is 2.58 bits per heavy atom. The summed E-state index contributed by atoms with van der Waals surface area (Å²) in [5.41, 5.74) is 3.85. The highest BCUT2D eigenvalue weighted by atomic mass is 19.1. The Balaban J connectivity index is 2.03. The maximum atomic E-state index is 13.6. The third-order valence-corrected chi connectivity index (χ3v) is 3.73. The van der Waals surface area contributed by atoms with Crippen molar-refractivity contribution in [3.8, 4) is 5.75 Å². The van der Waals surface area contributed by atoms with Gasteiger partial charge in [0.25, 0.3) is 0 Å². The molecule has 0 aliphatic carbocycles. The van der Waals surface area contributed by atoms with Gasteiger partial charge >= 0.3 is 5.97 Å². The van der Waals surface area contributed by atoms with Crippen molar-refractivity contribution >= 4 is 5.97 Å². The molecule has 0 amide bonds. The molecule has 0 unspecified atom stereocenters. The van der Waals surface area contributed by atoms with Gasteiger partial charge in [0.1, 0.15) is 11.6 Å². The van der Waals surface area contributed by atoms with E-state index in [1.807, 2.05) is 39.0 Å². The predicted octanol–water partition coefficient (Wildman–Crippen LogP) is 5.18. The maximum Gasteiger partial charge on any atom is 0.311 e. The summed E-state index contributed by atoms with van der Waals surface area (Å²) in [6.45, 7) is 6.08. The predicted molar refractivity (Wildman–Crippen MR) is 94.7 cm³/mol. The Morgan fingerprint density at radius 2 is 1.88 bits per heavy atom. The number of aryl methyl sites for hydroxylation is 2. The van der Waals surface area contributed by atoms with E-state index in [0.717, 1.165) is 17.5 Å². The summed E-state index contributed by atoms with van der Waals surface area (Å²) in [4.78, 5) is 12.1. The Kier molecular flexibility index (Phi) is 6.30. The molecule has 2 rings (SSSR count). The third-order valence-electron chi connectivity index (χ3n) is 3.73. The van der Waals surface area contributed by atoms with Gasteiger partial charge in [0, 0.05) is 0 Å². The second-order valence-corrected chi connectivity index (χ2v) is 6.16. The monoisotopic (exact) mass is 326 g/mol. The first-order valence-corrected chi connectivity index (χ1v) is 8.12. The molecule has 2 aromatic carbocycles. The second-order valence-electron chi connectivity index (χ2n) is 6.16. The molecule has 2 nitrogen and oxygen atoms in total. The van der Waals surface area contributed by atoms with Crippen molar-refractivity contribution in [1.29, 1.82) is 0 Å². The van der Waals surface area contributed by atoms with E-state index in [1.165, 1.54) is 11.6 Å². The van der Waals surface area contributed by atoms with E-state index in [2.05, 4.69) is 6.08 Å². The van der Waals surface area contributed by atoms with Gasteiger partial charge in [-0.2, -0.15) is 0 Å². The van der Waals surface area contributed by atoms with Gasteiger partial charge in [-0.3, -0.25) is 4.79 Å². The second kappa shape index (κ2) is 8.44. The quantitative estimate of drug-likeness (QED) is 0.415. The van der Waals surface area contributed by atoms with Crippen molar-refractivity contribution < 1.29 is 13.9 Å². The average Bonchev–Trinajstić information content (AvgIpc) is 2.54. The molecule has 0 aliphatic rings. The lowest BCUT2D eigenvalue weighted by Gasteiger charge is -2.10. The Morgan fingerprint density at radius 1 is 1.12 bits per heavy atom. The van der Waals surface area contributed by atoms with E-state index in [9.17, 15) is 9.18 Å². The Labute approximate surface area is 143 Å². The van der Waals surface area contributed by atoms with E-state index < -0.39 is 0 Å². The number of hydrogen-bond acceptors (Lipinski definition) is 2. The fourth-order valence-corrected chi connectivity index (χ4v) is 2.39. The Bertz CT molecular complexity index is 743. The SMILES string of the molecule is CC(C)=CCc1cc(C)ccc1OC(=O)CCc1ccccc1F. The number of hydrogen-bond donors (Lipinski definition) is 0. The standard InChI is InChI=1S/C21H23FO2/c1-15(2)8-10-18-14-16(3)9-12-20(18)24-21(23)13-11-17-6-4-5-7-19(17)22/h4-9,12,14H,10-11,13H2,1-3H3. The van der Waals surface area contributed by atoms with Gasteiger partial charge in [-0.1, -0.05) is 47.5 Å². The van der Waals surface area contributed by atoms with Gasteiger partial charge in [-0.05, 0) is 56.9 Å². The molecule has 126 valence electrons. The molecule has 24 heavy (non-hydrogen) atoms. The molecule has 2 aromatic rings. The fraction of sp³-hybridized carbons (Fsp3) is 0.286. The smallest absolute Gasteiger partial charge is 0.311 e. The van der Waals surface area contributed by atoms with Crippen molar-refractivity contribution in [3.63, 3.8) is 0 Å².